The van der Waals surface area contributed by atoms with Crippen LogP contribution in [0.2, 0.25) is 0 Å². The van der Waals surface area contributed by atoms with Crippen LogP contribution in [0.5, 0.6) is 0 Å². The Morgan fingerprint density at radius 2 is 1.80 bits per heavy atom. The van der Waals surface area contributed by atoms with Crippen LogP contribution in [0.25, 0.3) is 0 Å². The number of rotatable bonds is 5. The van der Waals surface area contributed by atoms with Crippen molar-refractivity contribution in [1.82, 2.24) is 9.80 Å². The Bertz CT molecular complexity index is 740. The maximum absolute atomic E-state index is 12.7. The van der Waals surface area contributed by atoms with Crippen LogP contribution in [0.15, 0.2) is 54.6 Å². The smallest absolute Gasteiger partial charge is 0.254 e. The highest BCUT2D eigenvalue weighted by Crippen LogP contribution is 2.21. The molecule has 1 aliphatic heterocycles. The van der Waals surface area contributed by atoms with Gasteiger partial charge >= 0.3 is 0 Å². The topological polar surface area (TPSA) is 40.6 Å². The molecule has 130 valence electrons. The van der Waals surface area contributed by atoms with E-state index in [0.717, 1.165) is 24.1 Å². The predicted octanol–water partition coefficient (Wildman–Crippen LogP) is 3.64. The summed E-state index contributed by atoms with van der Waals surface area (Å²) in [7, 11) is 1.83. The van der Waals surface area contributed by atoms with E-state index in [2.05, 4.69) is 0 Å². The molecule has 1 aliphatic rings. The molecule has 0 radical (unpaired) electrons. The molecule has 1 heterocycles. The third kappa shape index (κ3) is 3.90. The maximum atomic E-state index is 12.7. The molecule has 1 unspecified atom stereocenters. The number of nitrogens with zero attached hydrogens (tertiary/aromatic N) is 2. The molecule has 1 saturated heterocycles. The van der Waals surface area contributed by atoms with Gasteiger partial charge in [-0.25, -0.2) is 0 Å². The molecule has 2 amide bonds. The van der Waals surface area contributed by atoms with Crippen LogP contribution in [0, 0.1) is 0 Å². The van der Waals surface area contributed by atoms with Gasteiger partial charge < -0.3 is 9.80 Å². The van der Waals surface area contributed by atoms with E-state index in [1.165, 1.54) is 0 Å². The predicted molar refractivity (Wildman–Crippen MR) is 98.0 cm³/mol. The highest BCUT2D eigenvalue weighted by atomic mass is 16.2. The Kier molecular flexibility index (Phi) is 5.17. The summed E-state index contributed by atoms with van der Waals surface area (Å²) in [5, 5.41) is 0. The lowest BCUT2D eigenvalue weighted by Crippen LogP contribution is -2.29. The molecule has 2 aromatic rings. The summed E-state index contributed by atoms with van der Waals surface area (Å²) in [5.74, 6) is 0.219. The van der Waals surface area contributed by atoms with E-state index in [4.69, 9.17) is 0 Å². The summed E-state index contributed by atoms with van der Waals surface area (Å²) in [6.07, 6.45) is 1.59. The first-order valence-corrected chi connectivity index (χ1v) is 8.75. The zero-order chi connectivity index (χ0) is 17.8. The molecule has 0 spiro atoms. The summed E-state index contributed by atoms with van der Waals surface area (Å²) in [6, 6.07) is 17.6. The van der Waals surface area contributed by atoms with Crippen molar-refractivity contribution in [1.29, 1.82) is 0 Å². The minimum atomic E-state index is 0.000141. The summed E-state index contributed by atoms with van der Waals surface area (Å²) < 4.78 is 0. The third-order valence-electron chi connectivity index (χ3n) is 4.93. The van der Waals surface area contributed by atoms with Crippen LogP contribution in [-0.4, -0.2) is 35.2 Å². The van der Waals surface area contributed by atoms with Gasteiger partial charge in [-0.1, -0.05) is 42.5 Å². The van der Waals surface area contributed by atoms with E-state index in [0.29, 0.717) is 18.5 Å². The molecular weight excluding hydrogens is 312 g/mol. The zero-order valence-corrected chi connectivity index (χ0v) is 14.8. The fourth-order valence-corrected chi connectivity index (χ4v) is 3.18. The average molecular weight is 336 g/mol. The number of likely N-dealkylation sites (tertiary alicyclic amines) is 1. The molecule has 0 N–H and O–H groups in total. The summed E-state index contributed by atoms with van der Waals surface area (Å²) in [4.78, 5) is 28.1. The largest absolute Gasteiger partial charge is 0.338 e. The SMILES string of the molecule is CC(c1ccccc1)N(C)C(=O)c1ccc(CN2CCCC2=O)cc1. The van der Waals surface area contributed by atoms with E-state index >= 15 is 0 Å². The van der Waals surface area contributed by atoms with E-state index < -0.39 is 0 Å². The maximum Gasteiger partial charge on any atom is 0.254 e. The third-order valence-corrected chi connectivity index (χ3v) is 4.93. The van der Waals surface area contributed by atoms with Crippen LogP contribution in [-0.2, 0) is 11.3 Å². The van der Waals surface area contributed by atoms with Crippen molar-refractivity contribution in [2.45, 2.75) is 32.4 Å². The van der Waals surface area contributed by atoms with Gasteiger partial charge in [-0.3, -0.25) is 9.59 Å². The van der Waals surface area contributed by atoms with Crippen molar-refractivity contribution in [2.24, 2.45) is 0 Å². The van der Waals surface area contributed by atoms with Crippen molar-refractivity contribution in [3.05, 3.63) is 71.3 Å². The molecule has 0 aromatic heterocycles. The average Bonchev–Trinajstić information content (AvgIpc) is 3.06. The van der Waals surface area contributed by atoms with Gasteiger partial charge in [0, 0.05) is 32.1 Å². The summed E-state index contributed by atoms with van der Waals surface area (Å²) >= 11 is 0. The lowest BCUT2D eigenvalue weighted by Gasteiger charge is -2.25. The second-order valence-electron chi connectivity index (χ2n) is 6.62. The van der Waals surface area contributed by atoms with Crippen LogP contribution in [0.1, 0.15) is 47.3 Å². The van der Waals surface area contributed by atoms with Gasteiger partial charge in [-0.05, 0) is 36.6 Å². The second-order valence-corrected chi connectivity index (χ2v) is 6.62. The lowest BCUT2D eigenvalue weighted by molar-refractivity contribution is -0.128. The van der Waals surface area contributed by atoms with Crippen molar-refractivity contribution in [2.75, 3.05) is 13.6 Å². The Morgan fingerprint density at radius 1 is 1.12 bits per heavy atom. The number of hydrogen-bond donors (Lipinski definition) is 0. The summed E-state index contributed by atoms with van der Waals surface area (Å²) in [5.41, 5.74) is 2.84. The monoisotopic (exact) mass is 336 g/mol. The molecule has 0 bridgehead atoms. The van der Waals surface area contributed by atoms with Crippen LogP contribution < -0.4 is 0 Å². The van der Waals surface area contributed by atoms with Gasteiger partial charge in [-0.15, -0.1) is 0 Å². The second kappa shape index (κ2) is 7.51. The fraction of sp³-hybridized carbons (Fsp3) is 0.333. The van der Waals surface area contributed by atoms with Crippen molar-refractivity contribution >= 4 is 11.8 Å². The minimum absolute atomic E-state index is 0.000141. The lowest BCUT2D eigenvalue weighted by atomic mass is 10.1. The molecule has 4 heteroatoms. The van der Waals surface area contributed by atoms with E-state index in [1.54, 1.807) is 4.90 Å². The first-order chi connectivity index (χ1) is 12.1. The Hall–Kier alpha value is -2.62. The van der Waals surface area contributed by atoms with Gasteiger partial charge in [0.1, 0.15) is 0 Å². The van der Waals surface area contributed by atoms with Gasteiger partial charge in [-0.2, -0.15) is 0 Å². The van der Waals surface area contributed by atoms with E-state index in [9.17, 15) is 9.59 Å². The quantitative estimate of drug-likeness (QED) is 0.836. The number of carbonyl (C=O) groups is 2. The Balaban J connectivity index is 1.66. The molecule has 3 rings (SSSR count). The Morgan fingerprint density at radius 3 is 2.40 bits per heavy atom. The van der Waals surface area contributed by atoms with Crippen molar-refractivity contribution in [3.63, 3.8) is 0 Å². The van der Waals surface area contributed by atoms with Crippen molar-refractivity contribution in [3.8, 4) is 0 Å². The van der Waals surface area contributed by atoms with Crippen molar-refractivity contribution < 1.29 is 9.59 Å². The zero-order valence-electron chi connectivity index (χ0n) is 14.8. The first kappa shape index (κ1) is 17.2. The van der Waals surface area contributed by atoms with Gasteiger partial charge in [0.2, 0.25) is 5.91 Å². The number of amides is 2. The molecule has 4 nitrogen and oxygen atoms in total. The molecule has 0 saturated carbocycles. The van der Waals surface area contributed by atoms with Crippen LogP contribution in [0.3, 0.4) is 0 Å². The van der Waals surface area contributed by atoms with E-state index in [1.807, 2.05) is 73.5 Å². The van der Waals surface area contributed by atoms with E-state index in [-0.39, 0.29) is 17.9 Å². The van der Waals surface area contributed by atoms with Crippen LogP contribution >= 0.6 is 0 Å². The minimum Gasteiger partial charge on any atom is -0.338 e. The van der Waals surface area contributed by atoms with Gasteiger partial charge in [0.05, 0.1) is 6.04 Å². The molecule has 1 atom stereocenters. The van der Waals surface area contributed by atoms with Gasteiger partial charge in [0.15, 0.2) is 0 Å². The molecule has 1 fully saturated rings. The Labute approximate surface area is 149 Å². The number of benzene rings is 2. The highest BCUT2D eigenvalue weighted by molar-refractivity contribution is 5.94. The summed E-state index contributed by atoms with van der Waals surface area (Å²) in [6.45, 7) is 3.49. The molecule has 25 heavy (non-hydrogen) atoms. The normalized spacial score (nSPS) is 15.3. The first-order valence-electron chi connectivity index (χ1n) is 8.75. The van der Waals surface area contributed by atoms with Gasteiger partial charge in [0.25, 0.3) is 5.91 Å². The molecule has 0 aliphatic carbocycles. The highest BCUT2D eigenvalue weighted by Gasteiger charge is 2.21. The number of hydrogen-bond acceptors (Lipinski definition) is 2. The number of carbonyl (C=O) groups excluding carboxylic acids is 2. The molecular formula is C21H24N2O2. The molecule has 2 aromatic carbocycles. The van der Waals surface area contributed by atoms with Crippen LogP contribution in [0.4, 0.5) is 0 Å². The standard InChI is InChI=1S/C21H24N2O2/c1-16(18-7-4-3-5-8-18)22(2)21(25)19-12-10-17(11-13-19)15-23-14-6-9-20(23)24/h3-5,7-8,10-13,16H,6,9,14-15H2,1-2H3. The fourth-order valence-electron chi connectivity index (χ4n) is 3.18.